The lowest BCUT2D eigenvalue weighted by molar-refractivity contribution is 0.102. The van der Waals surface area contributed by atoms with E-state index < -0.39 is 0 Å². The van der Waals surface area contributed by atoms with Crippen LogP contribution in [0.25, 0.3) is 0 Å². The van der Waals surface area contributed by atoms with Gasteiger partial charge in [0.05, 0.1) is 5.56 Å². The Labute approximate surface area is 175 Å². The van der Waals surface area contributed by atoms with Crippen LogP contribution < -0.4 is 10.2 Å². The molecule has 2 aromatic rings. The van der Waals surface area contributed by atoms with Gasteiger partial charge >= 0.3 is 0 Å². The first-order chi connectivity index (χ1) is 13.9. The number of hydrogen-bond donors (Lipinski definition) is 1. The third-order valence-corrected chi connectivity index (χ3v) is 5.77. The van der Waals surface area contributed by atoms with Gasteiger partial charge in [-0.3, -0.25) is 4.79 Å². The molecule has 1 N–H and O–H groups in total. The SMILES string of the molecule is CCN1CCN(c2ccc(C(=O)Nc3c(C(C)C)cccc3C(C)C)cn2)CC1. The Morgan fingerprint density at radius 3 is 2.10 bits per heavy atom. The summed E-state index contributed by atoms with van der Waals surface area (Å²) in [7, 11) is 0. The molecule has 1 saturated heterocycles. The van der Waals surface area contributed by atoms with E-state index in [9.17, 15) is 4.79 Å². The molecule has 5 nitrogen and oxygen atoms in total. The van der Waals surface area contributed by atoms with Gasteiger partial charge in [0.15, 0.2) is 0 Å². The van der Waals surface area contributed by atoms with Crippen LogP contribution in [0.3, 0.4) is 0 Å². The number of aromatic nitrogens is 1. The summed E-state index contributed by atoms with van der Waals surface area (Å²) >= 11 is 0. The zero-order valence-corrected chi connectivity index (χ0v) is 18.4. The molecule has 1 aromatic heterocycles. The molecular formula is C24H34N4O. The Morgan fingerprint density at radius 2 is 1.62 bits per heavy atom. The number of carbonyl (C=O) groups excluding carboxylic acids is 1. The van der Waals surface area contributed by atoms with E-state index in [1.54, 1.807) is 6.20 Å². The predicted molar refractivity (Wildman–Crippen MR) is 121 cm³/mol. The fourth-order valence-electron chi connectivity index (χ4n) is 3.88. The third kappa shape index (κ3) is 4.96. The Balaban J connectivity index is 1.75. The monoisotopic (exact) mass is 394 g/mol. The second-order valence-electron chi connectivity index (χ2n) is 8.40. The molecule has 156 valence electrons. The maximum Gasteiger partial charge on any atom is 0.257 e. The zero-order chi connectivity index (χ0) is 21.0. The van der Waals surface area contributed by atoms with Crippen molar-refractivity contribution < 1.29 is 4.79 Å². The molecule has 0 unspecified atom stereocenters. The number of amides is 1. The van der Waals surface area contributed by atoms with Crippen molar-refractivity contribution in [1.82, 2.24) is 9.88 Å². The number of para-hydroxylation sites is 1. The predicted octanol–water partition coefficient (Wildman–Crippen LogP) is 4.72. The fourth-order valence-corrected chi connectivity index (χ4v) is 3.88. The van der Waals surface area contributed by atoms with Crippen molar-refractivity contribution in [2.45, 2.75) is 46.5 Å². The summed E-state index contributed by atoms with van der Waals surface area (Å²) in [5.41, 5.74) is 3.88. The van der Waals surface area contributed by atoms with Crippen LogP contribution >= 0.6 is 0 Å². The van der Waals surface area contributed by atoms with E-state index in [1.807, 2.05) is 12.1 Å². The second kappa shape index (κ2) is 9.40. The molecule has 0 bridgehead atoms. The molecule has 1 amide bonds. The highest BCUT2D eigenvalue weighted by molar-refractivity contribution is 6.05. The fraction of sp³-hybridized carbons (Fsp3) is 0.500. The maximum absolute atomic E-state index is 13.0. The molecule has 0 saturated carbocycles. The first kappa shape index (κ1) is 21.3. The highest BCUT2D eigenvalue weighted by atomic mass is 16.1. The maximum atomic E-state index is 13.0. The average Bonchev–Trinajstić information content (AvgIpc) is 2.73. The van der Waals surface area contributed by atoms with E-state index in [2.05, 4.69) is 72.9 Å². The van der Waals surface area contributed by atoms with Crippen LogP contribution in [-0.2, 0) is 0 Å². The number of pyridine rings is 1. The van der Waals surface area contributed by atoms with Gasteiger partial charge in [-0.15, -0.1) is 0 Å². The average molecular weight is 395 g/mol. The highest BCUT2D eigenvalue weighted by Gasteiger charge is 2.19. The number of anilines is 2. The lowest BCUT2D eigenvalue weighted by atomic mass is 9.92. The summed E-state index contributed by atoms with van der Waals surface area (Å²) in [5.74, 6) is 1.52. The van der Waals surface area contributed by atoms with Crippen molar-refractivity contribution in [2.24, 2.45) is 0 Å². The van der Waals surface area contributed by atoms with E-state index in [4.69, 9.17) is 0 Å². The lowest BCUT2D eigenvalue weighted by Crippen LogP contribution is -2.46. The molecule has 3 rings (SSSR count). The normalized spacial score (nSPS) is 15.2. The lowest BCUT2D eigenvalue weighted by Gasteiger charge is -2.34. The molecule has 29 heavy (non-hydrogen) atoms. The molecule has 2 heterocycles. The van der Waals surface area contributed by atoms with Gasteiger partial charge in [0.2, 0.25) is 0 Å². The summed E-state index contributed by atoms with van der Waals surface area (Å²) < 4.78 is 0. The molecular weight excluding hydrogens is 360 g/mol. The van der Waals surface area contributed by atoms with E-state index in [-0.39, 0.29) is 5.91 Å². The van der Waals surface area contributed by atoms with Crippen LogP contribution in [0.4, 0.5) is 11.5 Å². The van der Waals surface area contributed by atoms with Crippen LogP contribution in [0.5, 0.6) is 0 Å². The number of carbonyl (C=O) groups is 1. The van der Waals surface area contributed by atoms with Crippen LogP contribution in [0.1, 0.15) is 67.9 Å². The van der Waals surface area contributed by atoms with Crippen LogP contribution in [-0.4, -0.2) is 48.5 Å². The number of nitrogens with zero attached hydrogens (tertiary/aromatic N) is 3. The van der Waals surface area contributed by atoms with Crippen molar-refractivity contribution in [1.29, 1.82) is 0 Å². The van der Waals surface area contributed by atoms with Crippen molar-refractivity contribution in [3.63, 3.8) is 0 Å². The highest BCUT2D eigenvalue weighted by Crippen LogP contribution is 2.32. The third-order valence-electron chi connectivity index (χ3n) is 5.77. The van der Waals surface area contributed by atoms with Gasteiger partial charge in [0.1, 0.15) is 5.82 Å². The standard InChI is InChI=1S/C24H34N4O/c1-6-27-12-14-28(15-13-27)22-11-10-19(16-25-22)24(29)26-23-20(17(2)3)8-7-9-21(23)18(4)5/h7-11,16-18H,6,12-15H2,1-5H3,(H,26,29). The Hall–Kier alpha value is -2.40. The molecule has 1 aliphatic heterocycles. The minimum absolute atomic E-state index is 0.102. The second-order valence-corrected chi connectivity index (χ2v) is 8.40. The van der Waals surface area contributed by atoms with Gasteiger partial charge in [-0.1, -0.05) is 52.8 Å². The number of likely N-dealkylation sites (N-methyl/N-ethyl adjacent to an activating group) is 1. The zero-order valence-electron chi connectivity index (χ0n) is 18.4. The Kier molecular flexibility index (Phi) is 6.91. The van der Waals surface area contributed by atoms with E-state index in [1.165, 1.54) is 11.1 Å². The quantitative estimate of drug-likeness (QED) is 0.770. The van der Waals surface area contributed by atoms with Crippen molar-refractivity contribution in [2.75, 3.05) is 42.9 Å². The van der Waals surface area contributed by atoms with Crippen LogP contribution in [0.15, 0.2) is 36.5 Å². The number of rotatable bonds is 6. The Morgan fingerprint density at radius 1 is 1.00 bits per heavy atom. The van der Waals surface area contributed by atoms with Crippen molar-refractivity contribution >= 4 is 17.4 Å². The Bertz CT molecular complexity index is 795. The summed E-state index contributed by atoms with van der Waals surface area (Å²) in [6, 6.07) is 10.1. The molecule has 0 aliphatic carbocycles. The molecule has 1 fully saturated rings. The van der Waals surface area contributed by atoms with E-state index >= 15 is 0 Å². The van der Waals surface area contributed by atoms with Gasteiger partial charge in [-0.05, 0) is 41.6 Å². The number of hydrogen-bond acceptors (Lipinski definition) is 4. The van der Waals surface area contributed by atoms with E-state index in [0.717, 1.165) is 44.2 Å². The topological polar surface area (TPSA) is 48.5 Å². The number of nitrogens with one attached hydrogen (secondary N) is 1. The van der Waals surface area contributed by atoms with Crippen LogP contribution in [0.2, 0.25) is 0 Å². The molecule has 0 atom stereocenters. The summed E-state index contributed by atoms with van der Waals surface area (Å²) in [5, 5.41) is 3.17. The van der Waals surface area contributed by atoms with Gasteiger partial charge in [0.25, 0.3) is 5.91 Å². The van der Waals surface area contributed by atoms with Gasteiger partial charge in [-0.25, -0.2) is 4.98 Å². The first-order valence-electron chi connectivity index (χ1n) is 10.8. The number of benzene rings is 1. The number of piperazine rings is 1. The van der Waals surface area contributed by atoms with Crippen LogP contribution in [0, 0.1) is 0 Å². The summed E-state index contributed by atoms with van der Waals surface area (Å²) in [4.78, 5) is 22.3. The summed E-state index contributed by atoms with van der Waals surface area (Å²) in [6.07, 6.45) is 1.70. The smallest absolute Gasteiger partial charge is 0.257 e. The van der Waals surface area contributed by atoms with Gasteiger partial charge in [0, 0.05) is 38.1 Å². The van der Waals surface area contributed by atoms with Crippen molar-refractivity contribution in [3.8, 4) is 0 Å². The molecule has 1 aromatic carbocycles. The minimum Gasteiger partial charge on any atom is -0.354 e. The molecule has 0 spiro atoms. The van der Waals surface area contributed by atoms with Gasteiger partial charge in [-0.2, -0.15) is 0 Å². The van der Waals surface area contributed by atoms with Gasteiger partial charge < -0.3 is 15.1 Å². The largest absolute Gasteiger partial charge is 0.354 e. The van der Waals surface area contributed by atoms with E-state index in [0.29, 0.717) is 17.4 Å². The first-order valence-corrected chi connectivity index (χ1v) is 10.8. The van der Waals surface area contributed by atoms with Crippen molar-refractivity contribution in [3.05, 3.63) is 53.2 Å². The summed E-state index contributed by atoms with van der Waals surface area (Å²) in [6.45, 7) is 16.0. The molecule has 1 aliphatic rings. The minimum atomic E-state index is -0.102. The molecule has 0 radical (unpaired) electrons. The molecule has 5 heteroatoms.